The Morgan fingerprint density at radius 1 is 1.46 bits per heavy atom. The Morgan fingerprint density at radius 2 is 2.15 bits per heavy atom. The van der Waals surface area contributed by atoms with Crippen LogP contribution in [0.5, 0.6) is 11.5 Å². The average Bonchev–Trinajstić information content (AvgIpc) is 2.11. The minimum atomic E-state index is -0.442. The van der Waals surface area contributed by atoms with Gasteiger partial charge in [0.25, 0.3) is 0 Å². The van der Waals surface area contributed by atoms with Crippen LogP contribution in [0.15, 0.2) is 18.2 Å². The van der Waals surface area contributed by atoms with E-state index in [9.17, 15) is 9.90 Å². The third-order valence-electron chi connectivity index (χ3n) is 1.38. The van der Waals surface area contributed by atoms with Gasteiger partial charge in [0, 0.05) is 6.07 Å². The summed E-state index contributed by atoms with van der Waals surface area (Å²) < 4.78 is 0. The molecule has 0 fully saturated rings. The smallest absolute Gasteiger partial charge is 0.239 e. The lowest BCUT2D eigenvalue weighted by molar-refractivity contribution is -0.113. The molecule has 0 saturated heterocycles. The normalized spacial score (nSPS) is 9.62. The summed E-state index contributed by atoms with van der Waals surface area (Å²) in [5.41, 5.74) is 0.144. The van der Waals surface area contributed by atoms with E-state index in [4.69, 9.17) is 16.7 Å². The second-order valence-electron chi connectivity index (χ2n) is 2.38. The molecule has 0 heterocycles. The van der Waals surface area contributed by atoms with Crippen molar-refractivity contribution in [3.63, 3.8) is 0 Å². The van der Waals surface area contributed by atoms with E-state index in [2.05, 4.69) is 5.32 Å². The molecule has 1 aromatic carbocycles. The predicted octanol–water partition coefficient (Wildman–Crippen LogP) is 1.28. The highest BCUT2D eigenvalue weighted by Crippen LogP contribution is 2.26. The zero-order valence-corrected chi connectivity index (χ0v) is 7.38. The molecule has 0 unspecified atom stereocenters. The lowest BCUT2D eigenvalue weighted by Crippen LogP contribution is -2.12. The fourth-order valence-electron chi connectivity index (χ4n) is 0.808. The second kappa shape index (κ2) is 4.00. The molecule has 70 valence electrons. The van der Waals surface area contributed by atoms with E-state index in [1.54, 1.807) is 0 Å². The molecule has 3 N–H and O–H groups in total. The van der Waals surface area contributed by atoms with Crippen molar-refractivity contribution in [3.8, 4) is 11.5 Å². The molecule has 0 bridgehead atoms. The van der Waals surface area contributed by atoms with Crippen LogP contribution in [0.25, 0.3) is 0 Å². The first-order chi connectivity index (χ1) is 6.13. The van der Waals surface area contributed by atoms with E-state index in [1.807, 2.05) is 0 Å². The number of benzene rings is 1. The third-order valence-corrected chi connectivity index (χ3v) is 1.62. The Kier molecular flexibility index (Phi) is 2.97. The van der Waals surface area contributed by atoms with Gasteiger partial charge >= 0.3 is 0 Å². The van der Waals surface area contributed by atoms with Crippen LogP contribution >= 0.6 is 11.6 Å². The van der Waals surface area contributed by atoms with E-state index in [1.165, 1.54) is 18.2 Å². The van der Waals surface area contributed by atoms with Gasteiger partial charge in [-0.15, -0.1) is 11.6 Å². The number of rotatable bonds is 2. The van der Waals surface area contributed by atoms with Gasteiger partial charge in [0.1, 0.15) is 17.4 Å². The van der Waals surface area contributed by atoms with Crippen LogP contribution in [0.4, 0.5) is 5.69 Å². The molecule has 1 rings (SSSR count). The lowest BCUT2D eigenvalue weighted by Gasteiger charge is -2.05. The Hall–Kier alpha value is -1.42. The third kappa shape index (κ3) is 2.52. The number of halogens is 1. The predicted molar refractivity (Wildman–Crippen MR) is 49.1 cm³/mol. The fourth-order valence-corrected chi connectivity index (χ4v) is 0.875. The van der Waals surface area contributed by atoms with E-state index in [0.29, 0.717) is 0 Å². The monoisotopic (exact) mass is 201 g/mol. The number of phenolic OH excluding ortho intramolecular Hbond substituents is 2. The molecule has 0 aromatic heterocycles. The van der Waals surface area contributed by atoms with Crippen molar-refractivity contribution in [1.29, 1.82) is 0 Å². The highest BCUT2D eigenvalue weighted by Gasteiger charge is 2.05. The summed E-state index contributed by atoms with van der Waals surface area (Å²) >= 11 is 5.24. The summed E-state index contributed by atoms with van der Waals surface area (Å²) in [6.07, 6.45) is 0. The number of aromatic hydroxyl groups is 2. The first-order valence-electron chi connectivity index (χ1n) is 3.51. The number of hydrogen-bond donors (Lipinski definition) is 3. The summed E-state index contributed by atoms with van der Waals surface area (Å²) in [7, 11) is 0. The van der Waals surface area contributed by atoms with Crippen LogP contribution in [0.1, 0.15) is 0 Å². The number of carbonyl (C=O) groups is 1. The van der Waals surface area contributed by atoms with Crippen LogP contribution in [0, 0.1) is 0 Å². The summed E-state index contributed by atoms with van der Waals surface area (Å²) in [5.74, 6) is -0.795. The van der Waals surface area contributed by atoms with E-state index >= 15 is 0 Å². The van der Waals surface area contributed by atoms with Gasteiger partial charge in [0.05, 0.1) is 5.69 Å². The molecule has 1 aromatic rings. The minimum absolute atomic E-state index is 0.0392. The van der Waals surface area contributed by atoms with Gasteiger partial charge in [0.2, 0.25) is 5.91 Å². The quantitative estimate of drug-likeness (QED) is 0.384. The molecule has 4 nitrogen and oxygen atoms in total. The molecule has 0 spiro atoms. The van der Waals surface area contributed by atoms with Crippen LogP contribution in [0.2, 0.25) is 0 Å². The molecule has 0 aliphatic rings. The Labute approximate surface area is 79.8 Å². The zero-order chi connectivity index (χ0) is 9.84. The molecule has 0 atom stereocenters. The number of hydrogen-bond acceptors (Lipinski definition) is 3. The van der Waals surface area contributed by atoms with Crippen LogP contribution < -0.4 is 5.32 Å². The lowest BCUT2D eigenvalue weighted by atomic mass is 10.2. The molecule has 5 heteroatoms. The molecule has 0 saturated carbocycles. The second-order valence-corrected chi connectivity index (χ2v) is 2.65. The number of phenols is 2. The first-order valence-corrected chi connectivity index (χ1v) is 4.04. The Balaban J connectivity index is 2.87. The largest absolute Gasteiger partial charge is 0.508 e. The standard InChI is InChI=1S/C8H8ClNO3/c9-4-8(13)10-6-3-5(11)1-2-7(6)12/h1-3,11-12H,4H2,(H,10,13). The van der Waals surface area contributed by atoms with Crippen molar-refractivity contribution in [1.82, 2.24) is 0 Å². The van der Waals surface area contributed by atoms with Crippen LogP contribution in [-0.4, -0.2) is 22.0 Å². The molecule has 0 aliphatic carbocycles. The first kappa shape index (κ1) is 9.67. The van der Waals surface area contributed by atoms with Crippen molar-refractivity contribution in [2.24, 2.45) is 0 Å². The molecular formula is C8H8ClNO3. The Bertz CT molecular complexity index is 327. The van der Waals surface area contributed by atoms with E-state index in [-0.39, 0.29) is 23.1 Å². The van der Waals surface area contributed by atoms with Crippen LogP contribution in [-0.2, 0) is 4.79 Å². The SMILES string of the molecule is O=C(CCl)Nc1cc(O)ccc1O. The van der Waals surface area contributed by atoms with Gasteiger partial charge in [-0.2, -0.15) is 0 Å². The average molecular weight is 202 g/mol. The summed E-state index contributed by atoms with van der Waals surface area (Å²) in [5, 5.41) is 20.6. The van der Waals surface area contributed by atoms with Gasteiger partial charge in [-0.1, -0.05) is 0 Å². The van der Waals surface area contributed by atoms with Gasteiger partial charge in [-0.25, -0.2) is 0 Å². The molecule has 1 amide bonds. The van der Waals surface area contributed by atoms with Crippen molar-refractivity contribution >= 4 is 23.2 Å². The molecular weight excluding hydrogens is 194 g/mol. The van der Waals surface area contributed by atoms with Gasteiger partial charge in [0.15, 0.2) is 0 Å². The van der Waals surface area contributed by atoms with Gasteiger partial charge < -0.3 is 15.5 Å². The molecule has 0 aliphatic heterocycles. The fraction of sp³-hybridized carbons (Fsp3) is 0.125. The highest BCUT2D eigenvalue weighted by molar-refractivity contribution is 6.29. The van der Waals surface area contributed by atoms with Crippen molar-refractivity contribution < 1.29 is 15.0 Å². The molecule has 13 heavy (non-hydrogen) atoms. The zero-order valence-electron chi connectivity index (χ0n) is 6.62. The molecule has 0 radical (unpaired) electrons. The topological polar surface area (TPSA) is 69.6 Å². The summed E-state index contributed by atoms with van der Waals surface area (Å²) in [6, 6.07) is 3.82. The number of alkyl halides is 1. The summed E-state index contributed by atoms with van der Waals surface area (Å²) in [6.45, 7) is 0. The maximum atomic E-state index is 10.8. The minimum Gasteiger partial charge on any atom is -0.508 e. The van der Waals surface area contributed by atoms with Crippen molar-refractivity contribution in [2.75, 3.05) is 11.2 Å². The number of nitrogens with one attached hydrogen (secondary N) is 1. The highest BCUT2D eigenvalue weighted by atomic mass is 35.5. The van der Waals surface area contributed by atoms with Crippen LogP contribution in [0.3, 0.4) is 0 Å². The van der Waals surface area contributed by atoms with Gasteiger partial charge in [-0.3, -0.25) is 4.79 Å². The number of carbonyl (C=O) groups excluding carboxylic acids is 1. The number of amides is 1. The van der Waals surface area contributed by atoms with Crippen molar-refractivity contribution in [2.45, 2.75) is 0 Å². The van der Waals surface area contributed by atoms with E-state index in [0.717, 1.165) is 0 Å². The summed E-state index contributed by atoms with van der Waals surface area (Å²) in [4.78, 5) is 10.8. The Morgan fingerprint density at radius 3 is 2.77 bits per heavy atom. The maximum absolute atomic E-state index is 10.8. The number of anilines is 1. The maximum Gasteiger partial charge on any atom is 0.239 e. The van der Waals surface area contributed by atoms with E-state index < -0.39 is 5.91 Å². The van der Waals surface area contributed by atoms with Gasteiger partial charge in [-0.05, 0) is 12.1 Å². The van der Waals surface area contributed by atoms with Crippen molar-refractivity contribution in [3.05, 3.63) is 18.2 Å².